The molecule has 1 atom stereocenters. The summed E-state index contributed by atoms with van der Waals surface area (Å²) in [6, 6.07) is 37.0. The fraction of sp³-hybridized carbons (Fsp3) is 0.206. The molecule has 8 heteroatoms. The number of aromatic nitrogens is 2. The number of amides is 1. The van der Waals surface area contributed by atoms with E-state index in [-0.39, 0.29) is 11.7 Å². The van der Waals surface area contributed by atoms with Gasteiger partial charge in [0.05, 0.1) is 26.3 Å². The molecule has 0 saturated heterocycles. The number of aromatic amines is 1. The number of carbonyl (C=O) groups excluding carboxylic acids is 1. The quantitative estimate of drug-likeness (QED) is 0.136. The summed E-state index contributed by atoms with van der Waals surface area (Å²) in [6.45, 7) is 3.62. The lowest BCUT2D eigenvalue weighted by atomic mass is 9.84. The Balaban J connectivity index is 1.38. The van der Waals surface area contributed by atoms with Crippen molar-refractivity contribution in [1.82, 2.24) is 15.3 Å². The standard InChI is InChI=1S/C34H33N3O3S2/c1-33(2,41-23-30-35-27-20-12-13-21-28(27)36-30)32(40)37-29(31(38)39)22-42-34(24-14-6-3-7-15-24,25-16-8-4-9-17-25)26-18-10-5-11-19-26/h3-21,29H,22-23H2,1-2H3,(H,35,36)(H,37,40)(H,38,39). The van der Waals surface area contributed by atoms with Crippen LogP contribution in [0.15, 0.2) is 115 Å². The summed E-state index contributed by atoms with van der Waals surface area (Å²) in [4.78, 5) is 33.9. The molecule has 0 radical (unpaired) electrons. The number of nitrogens with one attached hydrogen (secondary N) is 2. The van der Waals surface area contributed by atoms with E-state index in [9.17, 15) is 14.7 Å². The Morgan fingerprint density at radius 3 is 1.79 bits per heavy atom. The van der Waals surface area contributed by atoms with E-state index < -0.39 is 21.5 Å². The Morgan fingerprint density at radius 2 is 1.29 bits per heavy atom. The van der Waals surface area contributed by atoms with Gasteiger partial charge in [-0.25, -0.2) is 9.78 Å². The molecule has 42 heavy (non-hydrogen) atoms. The number of hydrogen-bond acceptors (Lipinski definition) is 5. The molecule has 0 aliphatic heterocycles. The monoisotopic (exact) mass is 595 g/mol. The van der Waals surface area contributed by atoms with E-state index in [0.29, 0.717) is 5.75 Å². The molecule has 5 rings (SSSR count). The maximum Gasteiger partial charge on any atom is 0.327 e. The molecular formula is C34H33N3O3S2. The van der Waals surface area contributed by atoms with Crippen LogP contribution >= 0.6 is 23.5 Å². The van der Waals surface area contributed by atoms with Gasteiger partial charge in [-0.2, -0.15) is 0 Å². The SMILES string of the molecule is CC(C)(SCc1nc2ccccc2[nH]1)C(=O)NC(CSC(c1ccccc1)(c1ccccc1)c1ccccc1)C(=O)O. The minimum Gasteiger partial charge on any atom is -0.480 e. The van der Waals surface area contributed by atoms with E-state index in [0.717, 1.165) is 33.5 Å². The summed E-state index contributed by atoms with van der Waals surface area (Å²) >= 11 is 2.93. The summed E-state index contributed by atoms with van der Waals surface area (Å²) in [7, 11) is 0. The highest BCUT2D eigenvalue weighted by molar-refractivity contribution is 8.01. The van der Waals surface area contributed by atoms with Crippen LogP contribution in [0.3, 0.4) is 0 Å². The highest BCUT2D eigenvalue weighted by Gasteiger charge is 2.39. The predicted octanol–water partition coefficient (Wildman–Crippen LogP) is 6.87. The van der Waals surface area contributed by atoms with Gasteiger partial charge >= 0.3 is 5.97 Å². The fourth-order valence-electron chi connectivity index (χ4n) is 4.87. The third kappa shape index (κ3) is 6.40. The van der Waals surface area contributed by atoms with Crippen molar-refractivity contribution >= 4 is 46.4 Å². The first kappa shape index (κ1) is 29.5. The molecule has 214 valence electrons. The fourth-order valence-corrected chi connectivity index (χ4v) is 7.25. The number of nitrogens with zero attached hydrogens (tertiary/aromatic N) is 1. The Bertz CT molecular complexity index is 1510. The second-order valence-electron chi connectivity index (χ2n) is 10.5. The van der Waals surface area contributed by atoms with Gasteiger partial charge in [0.15, 0.2) is 0 Å². The van der Waals surface area contributed by atoms with Crippen LogP contribution in [-0.4, -0.2) is 43.5 Å². The second-order valence-corrected chi connectivity index (χ2v) is 13.3. The third-order valence-corrected chi connectivity index (χ3v) is 10.1. The number of benzene rings is 4. The van der Waals surface area contributed by atoms with Gasteiger partial charge in [0, 0.05) is 5.75 Å². The summed E-state index contributed by atoms with van der Waals surface area (Å²) < 4.78 is -1.57. The number of H-pyrrole nitrogens is 1. The molecule has 1 unspecified atom stereocenters. The van der Waals surface area contributed by atoms with Crippen LogP contribution in [-0.2, 0) is 20.1 Å². The van der Waals surface area contributed by atoms with Crippen LogP contribution in [0.4, 0.5) is 0 Å². The van der Waals surface area contributed by atoms with Crippen LogP contribution in [0.5, 0.6) is 0 Å². The zero-order chi connectivity index (χ0) is 29.6. The minimum absolute atomic E-state index is 0.157. The Morgan fingerprint density at radius 1 is 0.786 bits per heavy atom. The average molecular weight is 596 g/mol. The third-order valence-electron chi connectivity index (χ3n) is 7.17. The molecule has 0 saturated carbocycles. The number of aliphatic carboxylic acids is 1. The number of thioether (sulfide) groups is 2. The van der Waals surface area contributed by atoms with Crippen molar-refractivity contribution in [3.05, 3.63) is 138 Å². The predicted molar refractivity (Wildman–Crippen MR) is 173 cm³/mol. The smallest absolute Gasteiger partial charge is 0.327 e. The number of rotatable bonds is 12. The summed E-state index contributed by atoms with van der Waals surface area (Å²) in [5.41, 5.74) is 4.91. The molecule has 1 aromatic heterocycles. The van der Waals surface area contributed by atoms with Crippen molar-refractivity contribution < 1.29 is 14.7 Å². The molecule has 1 amide bonds. The Kier molecular flexibility index (Phi) is 9.04. The maximum absolute atomic E-state index is 13.5. The zero-order valence-electron chi connectivity index (χ0n) is 23.5. The van der Waals surface area contributed by atoms with Crippen molar-refractivity contribution in [2.24, 2.45) is 0 Å². The van der Waals surface area contributed by atoms with Crippen LogP contribution in [0.25, 0.3) is 11.0 Å². The summed E-state index contributed by atoms with van der Waals surface area (Å²) in [5.74, 6) is 0.00860. The van der Waals surface area contributed by atoms with E-state index in [2.05, 4.69) is 51.7 Å². The zero-order valence-corrected chi connectivity index (χ0v) is 25.1. The Labute approximate surface area is 254 Å². The molecule has 0 spiro atoms. The molecule has 3 N–H and O–H groups in total. The van der Waals surface area contributed by atoms with Gasteiger partial charge in [-0.15, -0.1) is 23.5 Å². The van der Waals surface area contributed by atoms with Gasteiger partial charge in [0.2, 0.25) is 5.91 Å². The topological polar surface area (TPSA) is 95.1 Å². The van der Waals surface area contributed by atoms with Crippen molar-refractivity contribution in [1.29, 1.82) is 0 Å². The molecular weight excluding hydrogens is 563 g/mol. The molecule has 0 aliphatic rings. The van der Waals surface area contributed by atoms with Crippen molar-refractivity contribution in [2.75, 3.05) is 5.75 Å². The number of carboxylic acids is 1. The van der Waals surface area contributed by atoms with Crippen molar-refractivity contribution in [3.8, 4) is 0 Å². The minimum atomic E-state index is -1.09. The normalized spacial score (nSPS) is 12.6. The summed E-state index contributed by atoms with van der Waals surface area (Å²) in [6.07, 6.45) is 0. The van der Waals surface area contributed by atoms with Crippen LogP contribution in [0.2, 0.25) is 0 Å². The maximum atomic E-state index is 13.5. The highest BCUT2D eigenvalue weighted by atomic mass is 32.2. The van der Waals surface area contributed by atoms with E-state index in [1.54, 1.807) is 0 Å². The van der Waals surface area contributed by atoms with E-state index in [1.165, 1.54) is 23.5 Å². The Hall–Kier alpha value is -4.01. The van der Waals surface area contributed by atoms with Crippen LogP contribution in [0.1, 0.15) is 36.4 Å². The van der Waals surface area contributed by atoms with E-state index in [1.807, 2.05) is 92.7 Å². The first-order chi connectivity index (χ1) is 20.3. The average Bonchev–Trinajstić information content (AvgIpc) is 3.44. The van der Waals surface area contributed by atoms with Crippen LogP contribution < -0.4 is 5.32 Å². The lowest BCUT2D eigenvalue weighted by Crippen LogP contribution is -2.50. The molecule has 0 fully saturated rings. The number of para-hydroxylation sites is 2. The van der Waals surface area contributed by atoms with E-state index in [4.69, 9.17) is 0 Å². The first-order valence-electron chi connectivity index (χ1n) is 13.7. The van der Waals surface area contributed by atoms with Gasteiger partial charge in [-0.1, -0.05) is 103 Å². The lowest BCUT2D eigenvalue weighted by Gasteiger charge is -2.36. The molecule has 1 heterocycles. The molecule has 6 nitrogen and oxygen atoms in total. The molecule has 0 bridgehead atoms. The van der Waals surface area contributed by atoms with Gasteiger partial charge in [0.1, 0.15) is 11.9 Å². The van der Waals surface area contributed by atoms with Crippen LogP contribution in [0, 0.1) is 0 Å². The van der Waals surface area contributed by atoms with Gasteiger partial charge in [-0.05, 0) is 42.7 Å². The lowest BCUT2D eigenvalue weighted by molar-refractivity contribution is -0.141. The molecule has 0 aliphatic carbocycles. The second kappa shape index (κ2) is 12.9. The summed E-state index contributed by atoms with van der Waals surface area (Å²) in [5, 5.41) is 13.1. The van der Waals surface area contributed by atoms with Crippen molar-refractivity contribution in [3.63, 3.8) is 0 Å². The van der Waals surface area contributed by atoms with Gasteiger partial charge in [0.25, 0.3) is 0 Å². The van der Waals surface area contributed by atoms with Gasteiger partial charge < -0.3 is 15.4 Å². The number of imidazole rings is 1. The largest absolute Gasteiger partial charge is 0.480 e. The van der Waals surface area contributed by atoms with Crippen molar-refractivity contribution in [2.45, 2.75) is 35.1 Å². The van der Waals surface area contributed by atoms with Gasteiger partial charge in [-0.3, -0.25) is 4.79 Å². The number of fused-ring (bicyclic) bond motifs is 1. The number of carbonyl (C=O) groups is 2. The first-order valence-corrected chi connectivity index (χ1v) is 15.7. The number of carboxylic acid groups (broad SMARTS) is 1. The van der Waals surface area contributed by atoms with E-state index >= 15 is 0 Å². The molecule has 5 aromatic rings. The highest BCUT2D eigenvalue weighted by Crippen LogP contribution is 2.48. The number of hydrogen-bond donors (Lipinski definition) is 3. The molecule has 4 aromatic carbocycles.